The molecule has 7 heteroatoms. The van der Waals surface area contributed by atoms with Crippen molar-refractivity contribution in [2.75, 3.05) is 0 Å². The molecule has 1 aromatic carbocycles. The number of rotatable bonds is 3. The first-order valence-corrected chi connectivity index (χ1v) is 4.14. The van der Waals surface area contributed by atoms with Gasteiger partial charge in [-0.3, -0.25) is 5.73 Å². The second-order valence-electron chi connectivity index (χ2n) is 2.90. The Morgan fingerprint density at radius 3 is 2.12 bits per heavy atom. The van der Waals surface area contributed by atoms with Crippen LogP contribution in [0.2, 0.25) is 0 Å². The van der Waals surface area contributed by atoms with Crippen LogP contribution in [0.25, 0.3) is 0 Å². The van der Waals surface area contributed by atoms with Crippen LogP contribution in [0.3, 0.4) is 0 Å². The van der Waals surface area contributed by atoms with Crippen LogP contribution in [0.15, 0.2) is 24.3 Å². The van der Waals surface area contributed by atoms with Crippen molar-refractivity contribution in [3.05, 3.63) is 29.8 Å². The summed E-state index contributed by atoms with van der Waals surface area (Å²) in [6.07, 6.45) is -11.0. The van der Waals surface area contributed by atoms with E-state index in [2.05, 4.69) is 4.74 Å². The van der Waals surface area contributed by atoms with Gasteiger partial charge in [0.05, 0.1) is 0 Å². The predicted molar refractivity (Wildman–Crippen MR) is 44.9 cm³/mol. The zero-order chi connectivity index (χ0) is 12.4. The van der Waals surface area contributed by atoms with E-state index in [9.17, 15) is 22.0 Å². The smallest absolute Gasteiger partial charge is 0.425 e. The Morgan fingerprint density at radius 1 is 1.06 bits per heavy atom. The molecule has 1 radical (unpaired) electrons. The maximum atomic E-state index is 12.5. The molecular formula is C9H7F5NO. The minimum atomic E-state index is -5.78. The maximum absolute atomic E-state index is 12.5. The van der Waals surface area contributed by atoms with Crippen LogP contribution in [0, 0.1) is 0 Å². The molecule has 0 atom stereocenters. The van der Waals surface area contributed by atoms with Gasteiger partial charge in [0, 0.05) is 12.1 Å². The number of hydrogen-bond acceptors (Lipinski definition) is 1. The fraction of sp³-hybridized carbons (Fsp3) is 0.333. The van der Waals surface area contributed by atoms with Crippen molar-refractivity contribution in [1.29, 1.82) is 0 Å². The zero-order valence-corrected chi connectivity index (χ0v) is 7.81. The monoisotopic (exact) mass is 240 g/mol. The molecular weight excluding hydrogens is 233 g/mol. The normalized spacial score (nSPS) is 12.6. The third-order valence-electron chi connectivity index (χ3n) is 1.73. The third kappa shape index (κ3) is 2.60. The van der Waals surface area contributed by atoms with Crippen molar-refractivity contribution in [1.82, 2.24) is 5.73 Å². The van der Waals surface area contributed by atoms with Crippen molar-refractivity contribution >= 4 is 0 Å². The highest BCUT2D eigenvalue weighted by molar-refractivity contribution is 5.33. The number of benzene rings is 1. The van der Waals surface area contributed by atoms with Crippen LogP contribution in [-0.4, -0.2) is 12.3 Å². The van der Waals surface area contributed by atoms with Gasteiger partial charge in [-0.2, -0.15) is 22.0 Å². The first kappa shape index (κ1) is 12.7. The van der Waals surface area contributed by atoms with E-state index < -0.39 is 24.6 Å². The van der Waals surface area contributed by atoms with Gasteiger partial charge in [-0.25, -0.2) is 0 Å². The van der Waals surface area contributed by atoms with E-state index in [1.165, 1.54) is 18.2 Å². The molecule has 0 heterocycles. The molecule has 0 saturated heterocycles. The predicted octanol–water partition coefficient (Wildman–Crippen LogP) is 3.00. The van der Waals surface area contributed by atoms with E-state index in [0.29, 0.717) is 0 Å². The molecule has 0 aliphatic rings. The highest BCUT2D eigenvalue weighted by Gasteiger charge is 2.61. The Morgan fingerprint density at radius 2 is 1.62 bits per heavy atom. The molecule has 0 aliphatic carbocycles. The Bertz CT molecular complexity index is 363. The summed E-state index contributed by atoms with van der Waals surface area (Å²) in [6, 6.07) is 4.88. The molecule has 0 aromatic heterocycles. The van der Waals surface area contributed by atoms with Crippen molar-refractivity contribution in [3.8, 4) is 5.75 Å². The van der Waals surface area contributed by atoms with Gasteiger partial charge in [0.15, 0.2) is 0 Å². The quantitative estimate of drug-likeness (QED) is 0.747. The van der Waals surface area contributed by atoms with Crippen LogP contribution in [-0.2, 0) is 6.54 Å². The molecule has 0 bridgehead atoms. The minimum absolute atomic E-state index is 0.0357. The molecule has 0 amide bonds. The molecule has 0 aliphatic heterocycles. The summed E-state index contributed by atoms with van der Waals surface area (Å²) in [5.41, 5.74) is 6.91. The highest BCUT2D eigenvalue weighted by atomic mass is 19.4. The summed E-state index contributed by atoms with van der Waals surface area (Å²) in [5.74, 6) is -0.639. The Hall–Kier alpha value is -1.37. The van der Waals surface area contributed by atoms with Crippen LogP contribution in [0.5, 0.6) is 5.75 Å². The van der Waals surface area contributed by atoms with Gasteiger partial charge in [0.1, 0.15) is 5.75 Å². The Labute approximate surface area is 87.8 Å². The van der Waals surface area contributed by atoms with Gasteiger partial charge < -0.3 is 4.74 Å². The Balaban J connectivity index is 2.96. The number of alkyl halides is 5. The number of halogens is 5. The topological polar surface area (TPSA) is 33.0 Å². The summed E-state index contributed by atoms with van der Waals surface area (Å²) in [5, 5.41) is 0. The van der Waals surface area contributed by atoms with Crippen molar-refractivity contribution in [2.45, 2.75) is 18.8 Å². The molecule has 2 nitrogen and oxygen atoms in total. The molecule has 1 aromatic rings. The second kappa shape index (κ2) is 4.25. The number of para-hydroxylation sites is 1. The van der Waals surface area contributed by atoms with Gasteiger partial charge in [-0.05, 0) is 6.07 Å². The molecule has 0 saturated carbocycles. The average Bonchev–Trinajstić information content (AvgIpc) is 2.16. The van der Waals surface area contributed by atoms with Crippen molar-refractivity contribution in [2.24, 2.45) is 0 Å². The van der Waals surface area contributed by atoms with Gasteiger partial charge in [-0.15, -0.1) is 0 Å². The third-order valence-corrected chi connectivity index (χ3v) is 1.73. The fourth-order valence-electron chi connectivity index (χ4n) is 0.945. The largest absolute Gasteiger partial charge is 0.499 e. The average molecular weight is 240 g/mol. The van der Waals surface area contributed by atoms with Crippen LogP contribution in [0.1, 0.15) is 5.56 Å². The van der Waals surface area contributed by atoms with Crippen molar-refractivity contribution < 1.29 is 26.7 Å². The molecule has 16 heavy (non-hydrogen) atoms. The standard InChI is InChI=1S/C9H7F5NO/c10-8(11,12)9(13,14)16-7-4-2-1-3-6(7)5-15/h1-4,15H,5H2. The summed E-state index contributed by atoms with van der Waals surface area (Å²) < 4.78 is 64.2. The van der Waals surface area contributed by atoms with Crippen LogP contribution < -0.4 is 10.5 Å². The SMILES string of the molecule is [NH]Cc1ccccc1OC(F)(F)C(F)(F)F. The van der Waals surface area contributed by atoms with E-state index in [0.717, 1.165) is 6.07 Å². The van der Waals surface area contributed by atoms with E-state index in [4.69, 9.17) is 5.73 Å². The number of ether oxygens (including phenoxy) is 1. The summed E-state index contributed by atoms with van der Waals surface area (Å²) in [4.78, 5) is 0. The molecule has 1 N–H and O–H groups in total. The summed E-state index contributed by atoms with van der Waals surface area (Å²) in [6.45, 7) is -0.440. The number of hydrogen-bond donors (Lipinski definition) is 0. The highest BCUT2D eigenvalue weighted by Crippen LogP contribution is 2.38. The van der Waals surface area contributed by atoms with Crippen molar-refractivity contribution in [3.63, 3.8) is 0 Å². The van der Waals surface area contributed by atoms with Gasteiger partial charge in [0.2, 0.25) is 0 Å². The second-order valence-corrected chi connectivity index (χ2v) is 2.90. The molecule has 0 fully saturated rings. The van der Waals surface area contributed by atoms with Gasteiger partial charge >= 0.3 is 12.3 Å². The maximum Gasteiger partial charge on any atom is 0.499 e. The van der Waals surface area contributed by atoms with Gasteiger partial charge in [0.25, 0.3) is 0 Å². The minimum Gasteiger partial charge on any atom is -0.425 e. The lowest BCUT2D eigenvalue weighted by Crippen LogP contribution is -2.42. The van der Waals surface area contributed by atoms with E-state index >= 15 is 0 Å². The van der Waals surface area contributed by atoms with E-state index in [-0.39, 0.29) is 5.56 Å². The Kier molecular flexibility index (Phi) is 3.37. The number of nitrogens with one attached hydrogen (secondary N) is 1. The van der Waals surface area contributed by atoms with E-state index in [1.807, 2.05) is 0 Å². The first-order valence-electron chi connectivity index (χ1n) is 4.14. The van der Waals surface area contributed by atoms with Crippen LogP contribution in [0.4, 0.5) is 22.0 Å². The molecule has 1 rings (SSSR count). The summed E-state index contributed by atoms with van der Waals surface area (Å²) in [7, 11) is 0. The molecule has 0 unspecified atom stereocenters. The lowest BCUT2D eigenvalue weighted by Gasteiger charge is -2.21. The van der Waals surface area contributed by atoms with E-state index in [1.54, 1.807) is 0 Å². The summed E-state index contributed by atoms with van der Waals surface area (Å²) >= 11 is 0. The fourth-order valence-corrected chi connectivity index (χ4v) is 0.945. The molecule has 89 valence electrons. The lowest BCUT2D eigenvalue weighted by atomic mass is 10.2. The lowest BCUT2D eigenvalue weighted by molar-refractivity contribution is -0.360. The van der Waals surface area contributed by atoms with Crippen LogP contribution >= 0.6 is 0 Å². The molecule has 0 spiro atoms. The first-order chi connectivity index (χ1) is 7.28. The van der Waals surface area contributed by atoms with Gasteiger partial charge in [-0.1, -0.05) is 18.2 Å². The zero-order valence-electron chi connectivity index (χ0n) is 7.81.